The fourth-order valence-corrected chi connectivity index (χ4v) is 3.79. The minimum Gasteiger partial charge on any atom is -0.607 e. The van der Waals surface area contributed by atoms with E-state index in [1.54, 1.807) is 0 Å². The number of ether oxygens (including phenoxy) is 1. The van der Waals surface area contributed by atoms with Crippen molar-refractivity contribution in [3.05, 3.63) is 46.2 Å². The van der Waals surface area contributed by atoms with Crippen LogP contribution in [-0.4, -0.2) is 19.9 Å². The quantitative estimate of drug-likeness (QED) is 0.818. The summed E-state index contributed by atoms with van der Waals surface area (Å²) in [6.07, 6.45) is 0.502. The molecule has 1 aliphatic rings. The zero-order chi connectivity index (χ0) is 16.1. The summed E-state index contributed by atoms with van der Waals surface area (Å²) in [5.74, 6) is 0.271. The van der Waals surface area contributed by atoms with E-state index >= 15 is 0 Å². The number of pyridine rings is 1. The predicted molar refractivity (Wildman–Crippen MR) is 77.1 cm³/mol. The van der Waals surface area contributed by atoms with Crippen LogP contribution >= 0.6 is 23.2 Å². The molecular formula is C13H7Cl2F2NO3S. The number of halogens is 4. The maximum Gasteiger partial charge on any atom is 0.442 e. The number of aliphatic hydroxyl groups is 1. The molecule has 9 heteroatoms. The normalized spacial score (nSPS) is 22.5. The summed E-state index contributed by atoms with van der Waals surface area (Å²) in [5, 5.41) is 5.98. The number of nitrogens with zero attached hydrogens (tertiary/aromatic N) is 1. The van der Waals surface area contributed by atoms with Crippen LogP contribution in [0.4, 0.5) is 8.78 Å². The zero-order valence-corrected chi connectivity index (χ0v) is 12.9. The maximum atomic E-state index is 13.6. The molecule has 1 aliphatic heterocycles. The fourth-order valence-electron chi connectivity index (χ4n) is 2.04. The number of alkyl halides is 2. The molecule has 0 aliphatic carbocycles. The maximum absolute atomic E-state index is 13.6. The van der Waals surface area contributed by atoms with E-state index in [-0.39, 0.29) is 27.0 Å². The Bertz CT molecular complexity index is 747. The Labute approximate surface area is 136 Å². The van der Waals surface area contributed by atoms with Gasteiger partial charge in [0, 0.05) is 12.3 Å². The molecule has 0 saturated carbocycles. The van der Waals surface area contributed by atoms with E-state index in [9.17, 15) is 18.4 Å². The third-order valence-corrected chi connectivity index (χ3v) is 5.12. The smallest absolute Gasteiger partial charge is 0.442 e. The highest BCUT2D eigenvalue weighted by atomic mass is 35.5. The van der Waals surface area contributed by atoms with Crippen molar-refractivity contribution >= 4 is 34.4 Å². The van der Waals surface area contributed by atoms with Crippen molar-refractivity contribution in [1.82, 2.24) is 4.98 Å². The number of fused-ring (bicyclic) bond motifs is 1. The summed E-state index contributed by atoms with van der Waals surface area (Å²) in [5.41, 5.74) is -0.294. The second-order valence-electron chi connectivity index (χ2n) is 4.46. The summed E-state index contributed by atoms with van der Waals surface area (Å²) >= 11 is 9.13. The number of benzene rings is 1. The summed E-state index contributed by atoms with van der Waals surface area (Å²) in [4.78, 5) is 3.61. The van der Waals surface area contributed by atoms with Crippen molar-refractivity contribution in [2.24, 2.45) is 0 Å². The molecule has 0 spiro atoms. The first-order valence-corrected chi connectivity index (χ1v) is 7.81. The molecule has 4 nitrogen and oxygen atoms in total. The average molecular weight is 366 g/mol. The van der Waals surface area contributed by atoms with Crippen LogP contribution in [-0.2, 0) is 11.2 Å². The SMILES string of the molecule is [O-][S+]1c2ccc(Oc3cncc(Cl)c3)c(Cl)c2[C@@H](O)C1(F)F. The first-order chi connectivity index (χ1) is 10.3. The van der Waals surface area contributed by atoms with Crippen LogP contribution in [0, 0.1) is 0 Å². The van der Waals surface area contributed by atoms with Crippen molar-refractivity contribution in [2.45, 2.75) is 16.3 Å². The number of hydrogen-bond acceptors (Lipinski definition) is 4. The van der Waals surface area contributed by atoms with E-state index in [0.29, 0.717) is 5.02 Å². The largest absolute Gasteiger partial charge is 0.607 e. The van der Waals surface area contributed by atoms with Gasteiger partial charge in [-0.3, -0.25) is 4.98 Å². The molecule has 0 bridgehead atoms. The van der Waals surface area contributed by atoms with Gasteiger partial charge in [0.25, 0.3) is 0 Å². The minimum atomic E-state index is -3.79. The van der Waals surface area contributed by atoms with Crippen LogP contribution in [0.15, 0.2) is 35.5 Å². The van der Waals surface area contributed by atoms with Gasteiger partial charge in [0.05, 0.1) is 33.0 Å². The Morgan fingerprint density at radius 2 is 2.05 bits per heavy atom. The lowest BCUT2D eigenvalue weighted by molar-refractivity contribution is -0.0375. The third kappa shape index (κ3) is 2.43. The van der Waals surface area contributed by atoms with Crippen molar-refractivity contribution in [1.29, 1.82) is 0 Å². The molecule has 1 unspecified atom stereocenters. The molecule has 1 N–H and O–H groups in total. The zero-order valence-electron chi connectivity index (χ0n) is 10.6. The lowest BCUT2D eigenvalue weighted by atomic mass is 10.1. The molecule has 2 heterocycles. The second-order valence-corrected chi connectivity index (χ2v) is 6.80. The van der Waals surface area contributed by atoms with Crippen molar-refractivity contribution < 1.29 is 23.2 Å². The van der Waals surface area contributed by atoms with Gasteiger partial charge < -0.3 is 14.4 Å². The first-order valence-electron chi connectivity index (χ1n) is 5.91. The molecule has 1 aromatic carbocycles. The van der Waals surface area contributed by atoms with Crippen molar-refractivity contribution in [3.8, 4) is 11.5 Å². The molecule has 116 valence electrons. The molecule has 22 heavy (non-hydrogen) atoms. The molecule has 0 saturated heterocycles. The number of aliphatic hydroxyl groups excluding tert-OH is 1. The van der Waals surface area contributed by atoms with E-state index in [0.717, 1.165) is 0 Å². The lowest BCUT2D eigenvalue weighted by Crippen LogP contribution is -2.28. The van der Waals surface area contributed by atoms with Gasteiger partial charge in [0.2, 0.25) is 6.10 Å². The van der Waals surface area contributed by atoms with Gasteiger partial charge in [0.15, 0.2) is 4.90 Å². The molecule has 2 aromatic rings. The molecule has 0 radical (unpaired) electrons. The van der Waals surface area contributed by atoms with Crippen LogP contribution in [0.25, 0.3) is 0 Å². The highest BCUT2D eigenvalue weighted by Gasteiger charge is 2.61. The molecule has 2 atom stereocenters. The third-order valence-electron chi connectivity index (χ3n) is 3.05. The van der Waals surface area contributed by atoms with Gasteiger partial charge in [-0.25, -0.2) is 0 Å². The highest BCUT2D eigenvalue weighted by Crippen LogP contribution is 2.53. The van der Waals surface area contributed by atoms with Gasteiger partial charge in [-0.1, -0.05) is 23.2 Å². The molecule has 3 rings (SSSR count). The van der Waals surface area contributed by atoms with E-state index in [2.05, 4.69) is 4.98 Å². The van der Waals surface area contributed by atoms with Gasteiger partial charge >= 0.3 is 5.25 Å². The summed E-state index contributed by atoms with van der Waals surface area (Å²) in [6, 6.07) is 3.95. The molecule has 0 amide bonds. The van der Waals surface area contributed by atoms with Gasteiger partial charge in [-0.15, -0.1) is 0 Å². The summed E-state index contributed by atoms with van der Waals surface area (Å²) < 4.78 is 44.4. The number of hydrogen-bond donors (Lipinski definition) is 1. The van der Waals surface area contributed by atoms with E-state index < -0.39 is 22.5 Å². The monoisotopic (exact) mass is 365 g/mol. The van der Waals surface area contributed by atoms with Crippen LogP contribution in [0.1, 0.15) is 11.7 Å². The van der Waals surface area contributed by atoms with Gasteiger partial charge in [-0.05, 0) is 12.1 Å². The number of aromatic nitrogens is 1. The standard InChI is InChI=1S/C13H7Cl2F2NO3S/c14-6-3-7(5-18-4-6)21-8-1-2-9-10(11(8)15)12(19)13(16,17)22(9)20/h1-5,12,19H/t12-,22?/m1/s1. The van der Waals surface area contributed by atoms with Gasteiger partial charge in [0.1, 0.15) is 11.5 Å². The predicted octanol–water partition coefficient (Wildman–Crippen LogP) is 3.93. The van der Waals surface area contributed by atoms with Crippen molar-refractivity contribution in [3.63, 3.8) is 0 Å². The molecule has 1 aromatic heterocycles. The minimum absolute atomic E-state index is 0.0261. The Morgan fingerprint density at radius 3 is 2.73 bits per heavy atom. The Balaban J connectivity index is 2.02. The highest BCUT2D eigenvalue weighted by molar-refractivity contribution is 7.92. The molecule has 0 fully saturated rings. The lowest BCUT2D eigenvalue weighted by Gasteiger charge is -2.14. The van der Waals surface area contributed by atoms with Crippen LogP contribution in [0.2, 0.25) is 10.0 Å². The topological polar surface area (TPSA) is 65.4 Å². The van der Waals surface area contributed by atoms with E-state index in [4.69, 9.17) is 27.9 Å². The van der Waals surface area contributed by atoms with Gasteiger partial charge in [-0.2, -0.15) is 8.78 Å². The van der Waals surface area contributed by atoms with Crippen molar-refractivity contribution in [2.75, 3.05) is 0 Å². The average Bonchev–Trinajstić information content (AvgIpc) is 2.64. The summed E-state index contributed by atoms with van der Waals surface area (Å²) in [7, 11) is 0. The van der Waals surface area contributed by atoms with Crippen LogP contribution < -0.4 is 4.74 Å². The Morgan fingerprint density at radius 1 is 1.32 bits per heavy atom. The Hall–Kier alpha value is -1.12. The first kappa shape index (κ1) is 15.8. The second kappa shape index (κ2) is 5.50. The number of rotatable bonds is 2. The van der Waals surface area contributed by atoms with Crippen LogP contribution in [0.5, 0.6) is 11.5 Å². The van der Waals surface area contributed by atoms with Crippen LogP contribution in [0.3, 0.4) is 0 Å². The molecular weight excluding hydrogens is 359 g/mol. The fraction of sp³-hybridized carbons (Fsp3) is 0.154. The van der Waals surface area contributed by atoms with E-state index in [1.807, 2.05) is 0 Å². The Kier molecular flexibility index (Phi) is 3.94. The van der Waals surface area contributed by atoms with E-state index in [1.165, 1.54) is 30.6 Å². The summed E-state index contributed by atoms with van der Waals surface area (Å²) in [6.45, 7) is 0.